The molecule has 1 amide bonds. The highest BCUT2D eigenvalue weighted by Crippen LogP contribution is 2.42. The summed E-state index contributed by atoms with van der Waals surface area (Å²) >= 11 is 0. The van der Waals surface area contributed by atoms with Crippen LogP contribution in [0.5, 0.6) is 0 Å². The maximum Gasteiger partial charge on any atom is 0.267 e. The molecule has 7 nitrogen and oxygen atoms in total. The fourth-order valence-corrected chi connectivity index (χ4v) is 2.94. The monoisotopic (exact) mass is 301 g/mol. The van der Waals surface area contributed by atoms with Gasteiger partial charge in [-0.2, -0.15) is 0 Å². The van der Waals surface area contributed by atoms with Crippen LogP contribution < -0.4 is 10.5 Å². The number of carbonyl (C=O) groups is 1. The number of aromatic nitrogens is 1. The van der Waals surface area contributed by atoms with Crippen molar-refractivity contribution >= 4 is 15.9 Å². The molecule has 4 N–H and O–H groups in total. The third kappa shape index (κ3) is 2.58. The van der Waals surface area contributed by atoms with E-state index in [1.165, 1.54) is 12.3 Å². The molecule has 0 aliphatic heterocycles. The van der Waals surface area contributed by atoms with Crippen LogP contribution in [0.1, 0.15) is 30.8 Å². The zero-order valence-electron chi connectivity index (χ0n) is 11.6. The summed E-state index contributed by atoms with van der Waals surface area (Å²) in [5.74, 6) is -0.354. The van der Waals surface area contributed by atoms with Gasteiger partial charge in [0.15, 0.2) is 0 Å². The minimum Gasteiger partial charge on any atom is -0.381 e. The maximum absolute atomic E-state index is 12.1. The van der Waals surface area contributed by atoms with Crippen LogP contribution >= 0.6 is 0 Å². The van der Waals surface area contributed by atoms with E-state index in [-0.39, 0.29) is 34.1 Å². The fourth-order valence-electron chi connectivity index (χ4n) is 2.44. The normalized spacial score (nSPS) is 25.0. The minimum atomic E-state index is -3.80. The molecular weight excluding hydrogens is 282 g/mol. The Morgan fingerprint density at radius 3 is 2.65 bits per heavy atom. The second-order valence-electron chi connectivity index (χ2n) is 5.60. The molecule has 0 bridgehead atoms. The smallest absolute Gasteiger partial charge is 0.267 e. The molecule has 1 aliphatic carbocycles. The number of methoxy groups -OCH3 is 1. The first-order chi connectivity index (χ1) is 9.16. The first-order valence-corrected chi connectivity index (χ1v) is 7.75. The number of hydrogen-bond donors (Lipinski definition) is 3. The van der Waals surface area contributed by atoms with Crippen molar-refractivity contribution in [3.63, 3.8) is 0 Å². The van der Waals surface area contributed by atoms with Crippen molar-refractivity contribution in [2.75, 3.05) is 7.11 Å². The van der Waals surface area contributed by atoms with Crippen LogP contribution in [0.4, 0.5) is 0 Å². The van der Waals surface area contributed by atoms with Gasteiger partial charge in [-0.05, 0) is 12.5 Å². The van der Waals surface area contributed by atoms with Gasteiger partial charge in [0, 0.05) is 24.8 Å². The highest BCUT2D eigenvalue weighted by molar-refractivity contribution is 7.89. The van der Waals surface area contributed by atoms with E-state index in [2.05, 4.69) is 10.3 Å². The Morgan fingerprint density at radius 1 is 1.55 bits per heavy atom. The molecule has 2 rings (SSSR count). The van der Waals surface area contributed by atoms with E-state index in [0.717, 1.165) is 6.42 Å². The average Bonchev–Trinajstić information content (AvgIpc) is 2.82. The van der Waals surface area contributed by atoms with Crippen LogP contribution in [-0.2, 0) is 14.8 Å². The van der Waals surface area contributed by atoms with Gasteiger partial charge in [-0.15, -0.1) is 0 Å². The quantitative estimate of drug-likeness (QED) is 0.737. The Morgan fingerprint density at radius 2 is 2.20 bits per heavy atom. The van der Waals surface area contributed by atoms with Gasteiger partial charge in [-0.3, -0.25) is 4.79 Å². The third-order valence-corrected chi connectivity index (χ3v) is 4.89. The molecule has 0 spiro atoms. The molecule has 8 heteroatoms. The molecule has 1 aromatic rings. The van der Waals surface area contributed by atoms with Gasteiger partial charge < -0.3 is 15.0 Å². The number of nitrogens with two attached hydrogens (primary N) is 1. The highest BCUT2D eigenvalue weighted by atomic mass is 32.2. The van der Waals surface area contributed by atoms with E-state index in [9.17, 15) is 13.2 Å². The Hall–Kier alpha value is -1.38. The summed E-state index contributed by atoms with van der Waals surface area (Å²) in [5.41, 5.74) is 0.0189. The fraction of sp³-hybridized carbons (Fsp3) is 0.583. The number of amides is 1. The molecule has 112 valence electrons. The number of carbonyl (C=O) groups excluding carboxylic acids is 1. The molecule has 0 saturated heterocycles. The molecule has 0 aromatic carbocycles. The predicted octanol–water partition coefficient (Wildman–Crippen LogP) is 0.205. The van der Waals surface area contributed by atoms with Crippen LogP contribution in [0, 0.1) is 5.41 Å². The van der Waals surface area contributed by atoms with E-state index in [0.29, 0.717) is 0 Å². The van der Waals surface area contributed by atoms with Crippen molar-refractivity contribution in [3.05, 3.63) is 18.0 Å². The number of rotatable bonds is 4. The maximum atomic E-state index is 12.1. The van der Waals surface area contributed by atoms with Crippen molar-refractivity contribution in [2.45, 2.75) is 37.3 Å². The summed E-state index contributed by atoms with van der Waals surface area (Å²) in [6.07, 6.45) is 2.04. The van der Waals surface area contributed by atoms with Crippen molar-refractivity contribution in [3.8, 4) is 0 Å². The number of nitrogens with one attached hydrogen (secondary N) is 2. The first kappa shape index (κ1) is 15.0. The van der Waals surface area contributed by atoms with Gasteiger partial charge in [0.05, 0.1) is 11.0 Å². The summed E-state index contributed by atoms with van der Waals surface area (Å²) in [6.45, 7) is 4.03. The number of ether oxygens (including phenoxy) is 1. The average molecular weight is 301 g/mol. The van der Waals surface area contributed by atoms with Gasteiger partial charge in [0.25, 0.3) is 5.91 Å². The number of H-pyrrole nitrogens is 1. The Bertz CT molecular complexity index is 620. The van der Waals surface area contributed by atoms with E-state index >= 15 is 0 Å². The third-order valence-electron chi connectivity index (χ3n) is 4.00. The van der Waals surface area contributed by atoms with E-state index in [1.807, 2.05) is 13.8 Å². The second-order valence-corrected chi connectivity index (χ2v) is 7.16. The second kappa shape index (κ2) is 4.87. The molecule has 1 heterocycles. The molecular formula is C12H19N3O4S. The van der Waals surface area contributed by atoms with Crippen molar-refractivity contribution in [1.29, 1.82) is 0 Å². The molecule has 20 heavy (non-hydrogen) atoms. The molecule has 1 aliphatic rings. The number of primary sulfonamides is 1. The van der Waals surface area contributed by atoms with Crippen molar-refractivity contribution < 1.29 is 17.9 Å². The van der Waals surface area contributed by atoms with Gasteiger partial charge in [0.2, 0.25) is 10.0 Å². The standard InChI is InChI=1S/C12H19N3O4S/c1-12(2)9(5-10(12)19-3)15-11(16)8-4-7(6-14-8)20(13,17)18/h4,6,9-10,14H,5H2,1-3H3,(H,15,16)(H2,13,17,18). The van der Waals surface area contributed by atoms with Crippen LogP contribution in [0.2, 0.25) is 0 Å². The van der Waals surface area contributed by atoms with Crippen LogP contribution in [0.25, 0.3) is 0 Å². The van der Waals surface area contributed by atoms with E-state index in [1.54, 1.807) is 7.11 Å². The zero-order valence-corrected chi connectivity index (χ0v) is 12.5. The van der Waals surface area contributed by atoms with Crippen molar-refractivity contribution in [2.24, 2.45) is 10.6 Å². The number of aromatic amines is 1. The van der Waals surface area contributed by atoms with Gasteiger partial charge >= 0.3 is 0 Å². The lowest BCUT2D eigenvalue weighted by atomic mass is 9.64. The van der Waals surface area contributed by atoms with Crippen LogP contribution in [0.3, 0.4) is 0 Å². The van der Waals surface area contributed by atoms with Crippen LogP contribution in [0.15, 0.2) is 17.2 Å². The molecule has 0 radical (unpaired) electrons. The van der Waals surface area contributed by atoms with Crippen molar-refractivity contribution in [1.82, 2.24) is 10.3 Å². The Labute approximate surface area is 117 Å². The summed E-state index contributed by atoms with van der Waals surface area (Å²) in [7, 11) is -2.16. The minimum absolute atomic E-state index is 0.0128. The van der Waals surface area contributed by atoms with Crippen LogP contribution in [-0.4, -0.2) is 38.6 Å². The summed E-state index contributed by atoms with van der Waals surface area (Å²) in [6, 6.07) is 1.21. The summed E-state index contributed by atoms with van der Waals surface area (Å²) in [5, 5.41) is 7.86. The first-order valence-electron chi connectivity index (χ1n) is 6.21. The molecule has 1 saturated carbocycles. The number of hydrogen-bond acceptors (Lipinski definition) is 4. The van der Waals surface area contributed by atoms with Gasteiger partial charge in [-0.1, -0.05) is 13.8 Å². The molecule has 1 fully saturated rings. The lowest BCUT2D eigenvalue weighted by Crippen LogP contribution is -2.61. The number of sulfonamides is 1. The topological polar surface area (TPSA) is 114 Å². The molecule has 2 atom stereocenters. The molecule has 2 unspecified atom stereocenters. The SMILES string of the molecule is COC1CC(NC(=O)c2cc(S(N)(=O)=O)c[nH]2)C1(C)C. The van der Waals surface area contributed by atoms with E-state index < -0.39 is 10.0 Å². The highest BCUT2D eigenvalue weighted by Gasteiger charge is 2.49. The van der Waals surface area contributed by atoms with Gasteiger partial charge in [-0.25, -0.2) is 13.6 Å². The molecule has 1 aromatic heterocycles. The van der Waals surface area contributed by atoms with Gasteiger partial charge in [0.1, 0.15) is 5.69 Å². The van der Waals surface area contributed by atoms with E-state index in [4.69, 9.17) is 9.88 Å². The summed E-state index contributed by atoms with van der Waals surface area (Å²) in [4.78, 5) is 14.6. The Balaban J connectivity index is 2.05. The predicted molar refractivity (Wildman–Crippen MR) is 72.6 cm³/mol. The lowest BCUT2D eigenvalue weighted by Gasteiger charge is -2.51. The zero-order chi connectivity index (χ0) is 15.1. The largest absolute Gasteiger partial charge is 0.381 e. The Kier molecular flexibility index (Phi) is 3.66. The lowest BCUT2D eigenvalue weighted by molar-refractivity contribution is -0.0942. The summed E-state index contributed by atoms with van der Waals surface area (Å²) < 4.78 is 27.6.